The van der Waals surface area contributed by atoms with Gasteiger partial charge in [-0.15, -0.1) is 0 Å². The van der Waals surface area contributed by atoms with E-state index < -0.39 is 6.10 Å². The normalized spacial score (nSPS) is 12.3. The van der Waals surface area contributed by atoms with Crippen LogP contribution < -0.4 is 10.3 Å². The molecule has 6 nitrogen and oxygen atoms in total. The Morgan fingerprint density at radius 3 is 2.75 bits per heavy atom. The molecule has 1 atom stereocenters. The van der Waals surface area contributed by atoms with E-state index >= 15 is 0 Å². The molecule has 0 unspecified atom stereocenters. The number of hydrogen-bond donors (Lipinski definition) is 1. The van der Waals surface area contributed by atoms with Gasteiger partial charge >= 0.3 is 0 Å². The highest BCUT2D eigenvalue weighted by Crippen LogP contribution is 2.22. The molecule has 6 heteroatoms. The van der Waals surface area contributed by atoms with Crippen LogP contribution in [0.15, 0.2) is 47.8 Å². The number of hydrogen-bond acceptors (Lipinski definition) is 5. The molecule has 3 rings (SSSR count). The molecule has 0 radical (unpaired) electrons. The maximum absolute atomic E-state index is 12.4. The fourth-order valence-electron chi connectivity index (χ4n) is 2.63. The predicted octanol–water partition coefficient (Wildman–Crippen LogP) is 1.85. The molecule has 124 valence electrons. The number of pyridine rings is 1. The van der Waals surface area contributed by atoms with Crippen LogP contribution >= 0.6 is 0 Å². The molecule has 0 amide bonds. The zero-order chi connectivity index (χ0) is 17.1. The average Bonchev–Trinajstić information content (AvgIpc) is 2.57. The monoisotopic (exact) mass is 325 g/mol. The van der Waals surface area contributed by atoms with E-state index in [1.54, 1.807) is 18.5 Å². The Kier molecular flexibility index (Phi) is 4.57. The van der Waals surface area contributed by atoms with Crippen molar-refractivity contribution in [1.29, 1.82) is 0 Å². The largest absolute Gasteiger partial charge is 0.490 e. The van der Waals surface area contributed by atoms with Crippen molar-refractivity contribution in [3.8, 4) is 5.75 Å². The predicted molar refractivity (Wildman–Crippen MR) is 91.2 cm³/mol. The van der Waals surface area contributed by atoms with Crippen LogP contribution in [-0.2, 0) is 6.54 Å². The molecule has 0 aliphatic rings. The SMILES string of the molecule is Cc1cccc(C)c1OC[C@H](O)Cn1cnc2cnccc2c1=O. The number of aromatic nitrogens is 3. The third-order valence-corrected chi connectivity index (χ3v) is 3.86. The number of fused-ring (bicyclic) bond motifs is 1. The van der Waals surface area contributed by atoms with Gasteiger partial charge < -0.3 is 9.84 Å². The molecule has 2 aromatic heterocycles. The number of aliphatic hydroxyl groups excluding tert-OH is 1. The van der Waals surface area contributed by atoms with Gasteiger partial charge in [0.2, 0.25) is 0 Å². The second-order valence-corrected chi connectivity index (χ2v) is 5.78. The number of aliphatic hydroxyl groups is 1. The maximum atomic E-state index is 12.4. The number of benzene rings is 1. The summed E-state index contributed by atoms with van der Waals surface area (Å²) >= 11 is 0. The van der Waals surface area contributed by atoms with Gasteiger partial charge in [-0.3, -0.25) is 14.3 Å². The molecule has 1 N–H and O–H groups in total. The summed E-state index contributed by atoms with van der Waals surface area (Å²) in [6, 6.07) is 7.50. The van der Waals surface area contributed by atoms with E-state index in [1.165, 1.54) is 10.9 Å². The highest BCUT2D eigenvalue weighted by atomic mass is 16.5. The number of nitrogens with zero attached hydrogens (tertiary/aromatic N) is 3. The summed E-state index contributed by atoms with van der Waals surface area (Å²) in [7, 11) is 0. The zero-order valence-corrected chi connectivity index (χ0v) is 13.6. The van der Waals surface area contributed by atoms with Crippen LogP contribution in [0.4, 0.5) is 0 Å². The lowest BCUT2D eigenvalue weighted by atomic mass is 10.1. The molecule has 3 aromatic rings. The van der Waals surface area contributed by atoms with Crippen molar-refractivity contribution in [2.45, 2.75) is 26.5 Å². The van der Waals surface area contributed by atoms with Crippen molar-refractivity contribution in [2.24, 2.45) is 0 Å². The zero-order valence-electron chi connectivity index (χ0n) is 13.6. The molecule has 0 saturated carbocycles. The minimum atomic E-state index is -0.817. The van der Waals surface area contributed by atoms with Crippen molar-refractivity contribution < 1.29 is 9.84 Å². The summed E-state index contributed by atoms with van der Waals surface area (Å²) in [6.07, 6.45) is 3.70. The lowest BCUT2D eigenvalue weighted by molar-refractivity contribution is 0.0908. The summed E-state index contributed by atoms with van der Waals surface area (Å²) in [6.45, 7) is 4.14. The summed E-state index contributed by atoms with van der Waals surface area (Å²) in [5.74, 6) is 0.770. The summed E-state index contributed by atoms with van der Waals surface area (Å²) in [4.78, 5) is 20.5. The molecule has 1 aromatic carbocycles. The fraction of sp³-hybridized carbons (Fsp3) is 0.278. The van der Waals surface area contributed by atoms with Crippen molar-refractivity contribution in [3.63, 3.8) is 0 Å². The summed E-state index contributed by atoms with van der Waals surface area (Å²) in [5, 5.41) is 10.7. The molecule has 2 heterocycles. The molecular formula is C18H19N3O3. The lowest BCUT2D eigenvalue weighted by Gasteiger charge is -2.16. The molecule has 0 spiro atoms. The fourth-order valence-corrected chi connectivity index (χ4v) is 2.63. The molecule has 24 heavy (non-hydrogen) atoms. The third-order valence-electron chi connectivity index (χ3n) is 3.86. The standard InChI is InChI=1S/C18H19N3O3/c1-12-4-3-5-13(2)17(12)24-10-14(22)9-21-11-20-16-8-19-7-6-15(16)18(21)23/h3-8,11,14,22H,9-10H2,1-2H3/t14-/m1/s1. The minimum Gasteiger partial charge on any atom is -0.490 e. The van der Waals surface area contributed by atoms with E-state index in [0.717, 1.165) is 16.9 Å². The topological polar surface area (TPSA) is 77.2 Å². The van der Waals surface area contributed by atoms with Crippen LogP contribution in [0, 0.1) is 13.8 Å². The first-order chi connectivity index (χ1) is 11.6. The smallest absolute Gasteiger partial charge is 0.261 e. The Morgan fingerprint density at radius 1 is 1.25 bits per heavy atom. The van der Waals surface area contributed by atoms with Crippen molar-refractivity contribution in [3.05, 3.63) is 64.5 Å². The number of para-hydroxylation sites is 1. The highest BCUT2D eigenvalue weighted by molar-refractivity contribution is 5.75. The van der Waals surface area contributed by atoms with Gasteiger partial charge in [-0.1, -0.05) is 18.2 Å². The molecule has 0 aliphatic heterocycles. The van der Waals surface area contributed by atoms with Gasteiger partial charge in [0, 0.05) is 6.20 Å². The number of ether oxygens (including phenoxy) is 1. The van der Waals surface area contributed by atoms with Crippen LogP contribution in [0.1, 0.15) is 11.1 Å². The Bertz CT molecular complexity index is 901. The van der Waals surface area contributed by atoms with Gasteiger partial charge in [0.15, 0.2) is 0 Å². The van der Waals surface area contributed by atoms with E-state index in [4.69, 9.17) is 4.74 Å². The first kappa shape index (κ1) is 16.1. The quantitative estimate of drug-likeness (QED) is 0.774. The Balaban J connectivity index is 1.72. The van der Waals surface area contributed by atoms with E-state index in [1.807, 2.05) is 32.0 Å². The van der Waals surface area contributed by atoms with Crippen molar-refractivity contribution in [2.75, 3.05) is 6.61 Å². The first-order valence-corrected chi connectivity index (χ1v) is 7.72. The maximum Gasteiger partial charge on any atom is 0.261 e. The van der Waals surface area contributed by atoms with Crippen LogP contribution in [0.2, 0.25) is 0 Å². The molecule has 0 bridgehead atoms. The van der Waals surface area contributed by atoms with Crippen molar-refractivity contribution in [1.82, 2.24) is 14.5 Å². The van der Waals surface area contributed by atoms with Gasteiger partial charge in [0.05, 0.1) is 30.0 Å². The van der Waals surface area contributed by atoms with Gasteiger partial charge in [-0.25, -0.2) is 4.98 Å². The lowest BCUT2D eigenvalue weighted by Crippen LogP contribution is -2.30. The van der Waals surface area contributed by atoms with Crippen LogP contribution in [0.25, 0.3) is 10.9 Å². The number of aryl methyl sites for hydroxylation is 2. The minimum absolute atomic E-state index is 0.104. The Labute approximate surface area is 139 Å². The number of rotatable bonds is 5. The van der Waals surface area contributed by atoms with E-state index in [-0.39, 0.29) is 18.7 Å². The highest BCUT2D eigenvalue weighted by Gasteiger charge is 2.11. The van der Waals surface area contributed by atoms with Crippen LogP contribution in [0.3, 0.4) is 0 Å². The van der Waals surface area contributed by atoms with E-state index in [9.17, 15) is 9.90 Å². The Hall–Kier alpha value is -2.73. The van der Waals surface area contributed by atoms with Crippen LogP contribution in [-0.4, -0.2) is 32.4 Å². The molecule has 0 aliphatic carbocycles. The van der Waals surface area contributed by atoms with Crippen molar-refractivity contribution >= 4 is 10.9 Å². The average molecular weight is 325 g/mol. The summed E-state index contributed by atoms with van der Waals surface area (Å²) in [5.41, 5.74) is 2.37. The van der Waals surface area contributed by atoms with E-state index in [2.05, 4.69) is 9.97 Å². The van der Waals surface area contributed by atoms with Gasteiger partial charge in [-0.2, -0.15) is 0 Å². The molecular weight excluding hydrogens is 306 g/mol. The Morgan fingerprint density at radius 2 is 2.00 bits per heavy atom. The first-order valence-electron chi connectivity index (χ1n) is 7.72. The molecule has 0 saturated heterocycles. The second-order valence-electron chi connectivity index (χ2n) is 5.78. The molecule has 0 fully saturated rings. The third kappa shape index (κ3) is 3.28. The second kappa shape index (κ2) is 6.80. The van der Waals surface area contributed by atoms with Crippen LogP contribution in [0.5, 0.6) is 5.75 Å². The van der Waals surface area contributed by atoms with Gasteiger partial charge in [0.25, 0.3) is 5.56 Å². The van der Waals surface area contributed by atoms with Gasteiger partial charge in [0.1, 0.15) is 18.5 Å². The van der Waals surface area contributed by atoms with Gasteiger partial charge in [-0.05, 0) is 31.0 Å². The van der Waals surface area contributed by atoms with E-state index in [0.29, 0.717) is 10.9 Å². The summed E-state index contributed by atoms with van der Waals surface area (Å²) < 4.78 is 7.12.